The van der Waals surface area contributed by atoms with Crippen molar-refractivity contribution in [2.75, 3.05) is 10.7 Å². The SMILES string of the molecule is Nc1ccc(N2N=C3c4ccc(C(=O)O)cc4CCC3C2c2ccc(F)cc2)cn1. The van der Waals surface area contributed by atoms with E-state index >= 15 is 0 Å². The largest absolute Gasteiger partial charge is 0.478 e. The number of rotatable bonds is 3. The second-order valence-electron chi connectivity index (χ2n) is 7.59. The van der Waals surface area contributed by atoms with Crippen LogP contribution in [0.2, 0.25) is 0 Å². The van der Waals surface area contributed by atoms with E-state index in [1.54, 1.807) is 36.5 Å². The van der Waals surface area contributed by atoms with E-state index in [0.29, 0.717) is 5.82 Å². The molecule has 5 rings (SSSR count). The van der Waals surface area contributed by atoms with E-state index in [1.807, 2.05) is 17.1 Å². The summed E-state index contributed by atoms with van der Waals surface area (Å²) in [6, 6.07) is 15.2. The van der Waals surface area contributed by atoms with Gasteiger partial charge in [-0.2, -0.15) is 5.10 Å². The van der Waals surface area contributed by atoms with Crippen LogP contribution in [0.1, 0.15) is 39.5 Å². The van der Waals surface area contributed by atoms with Gasteiger partial charge in [0.1, 0.15) is 11.6 Å². The number of carboxylic acid groups (broad SMARTS) is 1. The lowest BCUT2D eigenvalue weighted by molar-refractivity contribution is 0.0696. The maximum atomic E-state index is 13.6. The van der Waals surface area contributed by atoms with Crippen LogP contribution in [0.25, 0.3) is 0 Å². The molecule has 2 heterocycles. The summed E-state index contributed by atoms with van der Waals surface area (Å²) >= 11 is 0. The highest BCUT2D eigenvalue weighted by atomic mass is 19.1. The van der Waals surface area contributed by atoms with Gasteiger partial charge < -0.3 is 10.8 Å². The Balaban J connectivity index is 1.62. The quantitative estimate of drug-likeness (QED) is 0.690. The topological polar surface area (TPSA) is 91.8 Å². The number of nitrogen functional groups attached to an aromatic ring is 1. The van der Waals surface area contributed by atoms with Crippen LogP contribution in [0.5, 0.6) is 0 Å². The van der Waals surface area contributed by atoms with Crippen LogP contribution in [-0.2, 0) is 6.42 Å². The molecule has 0 fully saturated rings. The van der Waals surface area contributed by atoms with Crippen molar-refractivity contribution in [3.63, 3.8) is 0 Å². The molecule has 1 aliphatic carbocycles. The Morgan fingerprint density at radius 1 is 1.13 bits per heavy atom. The molecule has 0 radical (unpaired) electrons. The van der Waals surface area contributed by atoms with Crippen molar-refractivity contribution in [3.8, 4) is 0 Å². The molecule has 2 aliphatic rings. The molecule has 3 aromatic rings. The molecular weight excluding hydrogens is 383 g/mol. The summed E-state index contributed by atoms with van der Waals surface area (Å²) in [7, 11) is 0. The normalized spacial score (nSPS) is 19.8. The Morgan fingerprint density at radius 2 is 1.93 bits per heavy atom. The maximum Gasteiger partial charge on any atom is 0.335 e. The lowest BCUT2D eigenvalue weighted by Crippen LogP contribution is -2.29. The molecule has 2 unspecified atom stereocenters. The van der Waals surface area contributed by atoms with Gasteiger partial charge in [0.25, 0.3) is 0 Å². The maximum absolute atomic E-state index is 13.6. The fraction of sp³-hybridized carbons (Fsp3) is 0.174. The van der Waals surface area contributed by atoms with E-state index in [2.05, 4.69) is 4.98 Å². The van der Waals surface area contributed by atoms with E-state index in [9.17, 15) is 14.3 Å². The van der Waals surface area contributed by atoms with Gasteiger partial charge in [-0.3, -0.25) is 5.01 Å². The second kappa shape index (κ2) is 6.95. The lowest BCUT2D eigenvalue weighted by atomic mass is 9.77. The number of aryl methyl sites for hydroxylation is 1. The first-order chi connectivity index (χ1) is 14.5. The molecule has 0 spiro atoms. The summed E-state index contributed by atoms with van der Waals surface area (Å²) in [6.45, 7) is 0. The molecule has 6 nitrogen and oxygen atoms in total. The Bertz CT molecular complexity index is 1160. The van der Waals surface area contributed by atoms with Gasteiger partial charge in [-0.25, -0.2) is 14.2 Å². The average Bonchev–Trinajstić information content (AvgIpc) is 3.14. The van der Waals surface area contributed by atoms with E-state index in [4.69, 9.17) is 10.8 Å². The summed E-state index contributed by atoms with van der Waals surface area (Å²) < 4.78 is 13.6. The first-order valence-electron chi connectivity index (χ1n) is 9.72. The molecule has 30 heavy (non-hydrogen) atoms. The number of halogens is 1. The number of fused-ring (bicyclic) bond motifs is 3. The highest BCUT2D eigenvalue weighted by Crippen LogP contribution is 2.45. The van der Waals surface area contributed by atoms with Crippen molar-refractivity contribution in [2.45, 2.75) is 18.9 Å². The number of anilines is 2. The van der Waals surface area contributed by atoms with Crippen LogP contribution in [0.4, 0.5) is 15.9 Å². The molecule has 2 aromatic carbocycles. The summed E-state index contributed by atoms with van der Waals surface area (Å²) in [5.41, 5.74) is 10.7. The van der Waals surface area contributed by atoms with Gasteiger partial charge in [-0.05, 0) is 60.4 Å². The summed E-state index contributed by atoms with van der Waals surface area (Å²) in [4.78, 5) is 15.6. The Morgan fingerprint density at radius 3 is 2.63 bits per heavy atom. The van der Waals surface area contributed by atoms with Gasteiger partial charge in [0.2, 0.25) is 0 Å². The zero-order chi connectivity index (χ0) is 20.8. The van der Waals surface area contributed by atoms with Gasteiger partial charge in [0.15, 0.2) is 0 Å². The van der Waals surface area contributed by atoms with E-state index in [0.717, 1.165) is 40.9 Å². The average molecular weight is 402 g/mol. The zero-order valence-electron chi connectivity index (χ0n) is 16.0. The smallest absolute Gasteiger partial charge is 0.335 e. The van der Waals surface area contributed by atoms with E-state index in [1.165, 1.54) is 12.1 Å². The molecule has 7 heteroatoms. The van der Waals surface area contributed by atoms with Gasteiger partial charge in [0.05, 0.1) is 29.2 Å². The van der Waals surface area contributed by atoms with Crippen molar-refractivity contribution in [3.05, 3.63) is 88.9 Å². The fourth-order valence-electron chi connectivity index (χ4n) is 4.40. The van der Waals surface area contributed by atoms with Crippen LogP contribution in [0.3, 0.4) is 0 Å². The number of hydrogen-bond donors (Lipinski definition) is 2. The van der Waals surface area contributed by atoms with Gasteiger partial charge >= 0.3 is 5.97 Å². The number of carbonyl (C=O) groups is 1. The third-order valence-corrected chi connectivity index (χ3v) is 5.81. The standard InChI is InChI=1S/C23H19FN4O2/c24-16-5-1-13(2-6-16)22-19-9-3-14-11-15(23(29)30)4-8-18(14)21(19)27-28(22)17-7-10-20(25)26-12-17/h1-2,4-8,10-12,19,22H,3,9H2,(H2,25,26)(H,29,30). The zero-order valence-corrected chi connectivity index (χ0v) is 16.0. The van der Waals surface area contributed by atoms with Crippen molar-refractivity contribution in [2.24, 2.45) is 11.0 Å². The summed E-state index contributed by atoms with van der Waals surface area (Å²) in [5.74, 6) is -0.704. The van der Waals surface area contributed by atoms with E-state index in [-0.39, 0.29) is 23.3 Å². The molecular formula is C23H19FN4O2. The number of benzene rings is 2. The predicted molar refractivity (Wildman–Crippen MR) is 112 cm³/mol. The van der Waals surface area contributed by atoms with Crippen molar-refractivity contribution < 1.29 is 14.3 Å². The van der Waals surface area contributed by atoms with E-state index < -0.39 is 5.97 Å². The number of hydrazone groups is 1. The molecule has 0 saturated heterocycles. The third-order valence-electron chi connectivity index (χ3n) is 5.81. The van der Waals surface area contributed by atoms with Crippen LogP contribution < -0.4 is 10.7 Å². The molecule has 1 aromatic heterocycles. The van der Waals surface area contributed by atoms with Crippen LogP contribution in [-0.4, -0.2) is 21.8 Å². The third kappa shape index (κ3) is 2.99. The highest BCUT2D eigenvalue weighted by Gasteiger charge is 2.42. The Labute approximate surface area is 172 Å². The number of carboxylic acids is 1. The minimum Gasteiger partial charge on any atom is -0.478 e. The number of hydrogen-bond acceptors (Lipinski definition) is 5. The predicted octanol–water partition coefficient (Wildman–Crippen LogP) is 4.03. The second-order valence-corrected chi connectivity index (χ2v) is 7.59. The molecule has 0 saturated carbocycles. The minimum atomic E-state index is -0.938. The molecule has 3 N–H and O–H groups in total. The fourth-order valence-corrected chi connectivity index (χ4v) is 4.40. The number of nitrogens with zero attached hydrogens (tertiary/aromatic N) is 3. The first kappa shape index (κ1) is 18.3. The summed E-state index contributed by atoms with van der Waals surface area (Å²) in [6.07, 6.45) is 3.25. The van der Waals surface area contributed by atoms with Gasteiger partial charge in [0, 0.05) is 11.5 Å². The van der Waals surface area contributed by atoms with Gasteiger partial charge in [-0.1, -0.05) is 18.2 Å². The number of pyridine rings is 1. The molecule has 0 amide bonds. The number of aromatic nitrogens is 1. The Kier molecular flexibility index (Phi) is 4.24. The summed E-state index contributed by atoms with van der Waals surface area (Å²) in [5, 5.41) is 16.2. The highest BCUT2D eigenvalue weighted by molar-refractivity contribution is 6.07. The van der Waals surface area contributed by atoms with Crippen molar-refractivity contribution in [1.82, 2.24) is 4.98 Å². The Hall–Kier alpha value is -3.74. The van der Waals surface area contributed by atoms with Crippen LogP contribution in [0.15, 0.2) is 65.9 Å². The lowest BCUT2D eigenvalue weighted by Gasteiger charge is -2.30. The molecule has 150 valence electrons. The van der Waals surface area contributed by atoms with Crippen LogP contribution >= 0.6 is 0 Å². The number of aromatic carboxylic acids is 1. The van der Waals surface area contributed by atoms with Crippen LogP contribution in [0, 0.1) is 11.7 Å². The molecule has 2 atom stereocenters. The van der Waals surface area contributed by atoms with Crippen molar-refractivity contribution >= 4 is 23.2 Å². The van der Waals surface area contributed by atoms with Gasteiger partial charge in [-0.15, -0.1) is 0 Å². The van der Waals surface area contributed by atoms with Crippen molar-refractivity contribution in [1.29, 1.82) is 0 Å². The first-order valence-corrected chi connectivity index (χ1v) is 9.72. The molecule has 1 aliphatic heterocycles. The number of nitrogens with two attached hydrogens (primary N) is 1. The minimum absolute atomic E-state index is 0.0937. The monoisotopic (exact) mass is 402 g/mol. The molecule has 0 bridgehead atoms.